The molecule has 2 aromatic carbocycles. The average molecular weight is 409 g/mol. The van der Waals surface area contributed by atoms with E-state index in [0.29, 0.717) is 6.16 Å². The Balaban J connectivity index is 2.14. The lowest BCUT2D eigenvalue weighted by Crippen LogP contribution is -2.28. The zero-order valence-electron chi connectivity index (χ0n) is 19.5. The van der Waals surface area contributed by atoms with Gasteiger partial charge >= 0.3 is 0 Å². The Morgan fingerprint density at radius 1 is 0.966 bits per heavy atom. The summed E-state index contributed by atoms with van der Waals surface area (Å²) in [4.78, 5) is 0. The van der Waals surface area contributed by atoms with E-state index in [9.17, 15) is 4.57 Å². The summed E-state index contributed by atoms with van der Waals surface area (Å²) in [6.07, 6.45) is 5.64. The second-order valence-corrected chi connectivity index (χ2v) is 14.3. The molecule has 1 heterocycles. The highest BCUT2D eigenvalue weighted by atomic mass is 31.2. The molecule has 0 spiro atoms. The fourth-order valence-corrected chi connectivity index (χ4v) is 8.48. The smallest absolute Gasteiger partial charge is 0.120 e. The van der Waals surface area contributed by atoms with Crippen molar-refractivity contribution in [3.8, 4) is 0 Å². The summed E-state index contributed by atoms with van der Waals surface area (Å²) < 4.78 is 14.4. The van der Waals surface area contributed by atoms with Gasteiger partial charge in [0.05, 0.1) is 0 Å². The third kappa shape index (κ3) is 4.46. The molecule has 0 N–H and O–H groups in total. The molecular formula is C27H37OP. The molecule has 0 fully saturated rings. The first-order valence-electron chi connectivity index (χ1n) is 10.7. The maximum atomic E-state index is 14.4. The van der Waals surface area contributed by atoms with E-state index in [0.717, 1.165) is 11.7 Å². The van der Waals surface area contributed by atoms with Gasteiger partial charge in [0.1, 0.15) is 7.14 Å². The molecule has 2 aromatic rings. The zero-order valence-corrected chi connectivity index (χ0v) is 20.4. The van der Waals surface area contributed by atoms with Crippen LogP contribution in [-0.2, 0) is 20.8 Å². The summed E-state index contributed by atoms with van der Waals surface area (Å²) >= 11 is 0. The Morgan fingerprint density at radius 2 is 1.59 bits per heavy atom. The minimum Gasteiger partial charge on any atom is -0.318 e. The van der Waals surface area contributed by atoms with Crippen LogP contribution in [0.1, 0.15) is 77.6 Å². The number of fused-ring (bicyclic) bond motifs is 1. The quantitative estimate of drug-likeness (QED) is 0.488. The second kappa shape index (κ2) is 7.28. The Labute approximate surface area is 178 Å². The SMILES string of the molecule is CC(C)(C)c1cc(C(C)(C)C)c2c(c1)C(C)(C)CP2(=O)C/C=C/c1ccccc1. The molecule has 0 aromatic heterocycles. The Morgan fingerprint density at radius 3 is 2.14 bits per heavy atom. The molecule has 29 heavy (non-hydrogen) atoms. The van der Waals surface area contributed by atoms with Crippen LogP contribution >= 0.6 is 7.14 Å². The van der Waals surface area contributed by atoms with E-state index in [2.05, 4.69) is 91.8 Å². The van der Waals surface area contributed by atoms with Crippen molar-refractivity contribution in [2.75, 3.05) is 12.3 Å². The van der Waals surface area contributed by atoms with Gasteiger partial charge < -0.3 is 4.57 Å². The molecule has 0 saturated heterocycles. The molecule has 1 atom stereocenters. The summed E-state index contributed by atoms with van der Waals surface area (Å²) in [5, 5.41) is 1.17. The molecule has 2 heteroatoms. The third-order valence-electron chi connectivity index (χ3n) is 6.08. The second-order valence-electron chi connectivity index (χ2n) is 11.3. The number of rotatable bonds is 3. The summed E-state index contributed by atoms with van der Waals surface area (Å²) in [5.74, 6) is 0. The Bertz CT molecular complexity index is 966. The van der Waals surface area contributed by atoms with Crippen LogP contribution in [0.2, 0.25) is 0 Å². The van der Waals surface area contributed by atoms with E-state index in [1.807, 2.05) is 18.2 Å². The van der Waals surface area contributed by atoms with Gasteiger partial charge in [0, 0.05) is 17.6 Å². The van der Waals surface area contributed by atoms with E-state index < -0.39 is 7.14 Å². The van der Waals surface area contributed by atoms with E-state index in [1.54, 1.807) is 0 Å². The van der Waals surface area contributed by atoms with Crippen molar-refractivity contribution < 1.29 is 4.57 Å². The summed E-state index contributed by atoms with van der Waals surface area (Å²) in [6, 6.07) is 15.0. The highest BCUT2D eigenvalue weighted by Gasteiger charge is 2.47. The van der Waals surface area contributed by atoms with Gasteiger partial charge in [-0.2, -0.15) is 0 Å². The first-order chi connectivity index (χ1) is 13.2. The molecule has 0 radical (unpaired) electrons. The van der Waals surface area contributed by atoms with Crippen LogP contribution in [0.5, 0.6) is 0 Å². The van der Waals surface area contributed by atoms with Crippen LogP contribution in [0, 0.1) is 0 Å². The molecule has 1 aliphatic rings. The van der Waals surface area contributed by atoms with Crippen LogP contribution in [0.15, 0.2) is 48.5 Å². The normalized spacial score (nSPS) is 21.5. The van der Waals surface area contributed by atoms with Crippen molar-refractivity contribution >= 4 is 18.5 Å². The first kappa shape index (κ1) is 22.1. The van der Waals surface area contributed by atoms with Crippen LogP contribution in [-0.4, -0.2) is 12.3 Å². The van der Waals surface area contributed by atoms with Gasteiger partial charge in [-0.25, -0.2) is 0 Å². The largest absolute Gasteiger partial charge is 0.318 e. The number of benzene rings is 2. The molecule has 156 valence electrons. The van der Waals surface area contributed by atoms with Crippen LogP contribution in [0.25, 0.3) is 6.08 Å². The highest BCUT2D eigenvalue weighted by molar-refractivity contribution is 7.72. The predicted octanol–water partition coefficient (Wildman–Crippen LogP) is 7.27. The fourth-order valence-electron chi connectivity index (χ4n) is 4.48. The highest BCUT2D eigenvalue weighted by Crippen LogP contribution is 2.59. The van der Waals surface area contributed by atoms with Crippen molar-refractivity contribution in [3.63, 3.8) is 0 Å². The molecular weight excluding hydrogens is 371 g/mol. The fraction of sp³-hybridized carbons (Fsp3) is 0.481. The van der Waals surface area contributed by atoms with Crippen LogP contribution in [0.3, 0.4) is 0 Å². The van der Waals surface area contributed by atoms with Gasteiger partial charge in [0.15, 0.2) is 0 Å². The Kier molecular flexibility index (Phi) is 5.55. The summed E-state index contributed by atoms with van der Waals surface area (Å²) in [6.45, 7) is 18.1. The van der Waals surface area contributed by atoms with E-state index in [-0.39, 0.29) is 16.2 Å². The Hall–Kier alpha value is -1.59. The summed E-state index contributed by atoms with van der Waals surface area (Å²) in [5.41, 5.74) is 5.08. The van der Waals surface area contributed by atoms with Gasteiger partial charge in [-0.15, -0.1) is 0 Å². The molecule has 1 unspecified atom stereocenters. The maximum absolute atomic E-state index is 14.4. The van der Waals surface area contributed by atoms with Gasteiger partial charge in [0.2, 0.25) is 0 Å². The number of allylic oxidation sites excluding steroid dienone is 1. The lowest BCUT2D eigenvalue weighted by Gasteiger charge is -2.30. The van der Waals surface area contributed by atoms with E-state index in [1.165, 1.54) is 22.0 Å². The first-order valence-corrected chi connectivity index (χ1v) is 12.8. The van der Waals surface area contributed by atoms with Crippen molar-refractivity contribution in [1.29, 1.82) is 0 Å². The topological polar surface area (TPSA) is 17.1 Å². The van der Waals surface area contributed by atoms with Gasteiger partial charge in [-0.05, 0) is 38.5 Å². The van der Waals surface area contributed by atoms with Gasteiger partial charge in [-0.1, -0.05) is 110 Å². The standard InChI is InChI=1S/C27H37OP/c1-25(2,3)21-17-22(26(4,5)6)24-23(18-21)27(7,8)19-29(24,28)16-12-15-20-13-10-9-11-14-20/h9-15,17-18H,16,19H2,1-8H3/b15-12+. The molecule has 1 aliphatic heterocycles. The van der Waals surface area contributed by atoms with Crippen molar-refractivity contribution in [2.24, 2.45) is 0 Å². The minimum absolute atomic E-state index is 0.0371. The molecule has 0 saturated carbocycles. The predicted molar refractivity (Wildman–Crippen MR) is 129 cm³/mol. The summed E-state index contributed by atoms with van der Waals surface area (Å²) in [7, 11) is -2.51. The minimum atomic E-state index is -2.51. The maximum Gasteiger partial charge on any atom is 0.120 e. The van der Waals surface area contributed by atoms with Crippen LogP contribution < -0.4 is 5.30 Å². The molecule has 0 aliphatic carbocycles. The monoisotopic (exact) mass is 408 g/mol. The van der Waals surface area contributed by atoms with Gasteiger partial charge in [0.25, 0.3) is 0 Å². The third-order valence-corrected chi connectivity index (χ3v) is 9.48. The molecule has 0 bridgehead atoms. The lowest BCUT2D eigenvalue weighted by atomic mass is 9.75. The zero-order chi connectivity index (χ0) is 21.7. The average Bonchev–Trinajstić information content (AvgIpc) is 2.80. The van der Waals surface area contributed by atoms with Crippen molar-refractivity contribution in [3.05, 3.63) is 70.8 Å². The molecule has 1 nitrogen and oxygen atoms in total. The lowest BCUT2D eigenvalue weighted by molar-refractivity contribution is 0.557. The number of hydrogen-bond acceptors (Lipinski definition) is 1. The van der Waals surface area contributed by atoms with Crippen molar-refractivity contribution in [1.82, 2.24) is 0 Å². The van der Waals surface area contributed by atoms with Gasteiger partial charge in [-0.3, -0.25) is 0 Å². The van der Waals surface area contributed by atoms with E-state index in [4.69, 9.17) is 0 Å². The van der Waals surface area contributed by atoms with E-state index >= 15 is 0 Å². The van der Waals surface area contributed by atoms with Crippen molar-refractivity contribution in [2.45, 2.75) is 71.6 Å². The molecule has 3 rings (SSSR count). The number of hydrogen-bond donors (Lipinski definition) is 0. The molecule has 0 amide bonds. The van der Waals surface area contributed by atoms with Crippen LogP contribution in [0.4, 0.5) is 0 Å².